The zero-order valence-electron chi connectivity index (χ0n) is 11.1. The zero-order chi connectivity index (χ0) is 13.1. The van der Waals surface area contributed by atoms with Crippen LogP contribution >= 0.6 is 12.4 Å². The first kappa shape index (κ1) is 15.1. The van der Waals surface area contributed by atoms with Crippen molar-refractivity contribution in [1.29, 1.82) is 0 Å². The summed E-state index contributed by atoms with van der Waals surface area (Å²) in [6.45, 7) is 0. The van der Waals surface area contributed by atoms with Gasteiger partial charge in [0.25, 0.3) is 0 Å². The third kappa shape index (κ3) is 3.51. The first-order valence-corrected chi connectivity index (χ1v) is 5.59. The Kier molecular flexibility index (Phi) is 5.00. The van der Waals surface area contributed by atoms with Crippen molar-refractivity contribution < 1.29 is 4.74 Å². The number of hydrogen-bond acceptors (Lipinski definition) is 6. The number of rotatable bonds is 2. The highest BCUT2D eigenvalue weighted by atomic mass is 35.5. The van der Waals surface area contributed by atoms with Crippen LogP contribution in [0.3, 0.4) is 0 Å². The summed E-state index contributed by atoms with van der Waals surface area (Å²) in [7, 11) is 5.43. The van der Waals surface area contributed by atoms with Crippen LogP contribution in [-0.4, -0.2) is 38.0 Å². The second-order valence-electron chi connectivity index (χ2n) is 4.13. The molecule has 0 aliphatic carbocycles. The van der Waals surface area contributed by atoms with Crippen LogP contribution < -0.4 is 15.8 Å². The van der Waals surface area contributed by atoms with Gasteiger partial charge in [0, 0.05) is 14.1 Å². The molecule has 2 rings (SSSR count). The molecule has 1 heterocycles. The molecule has 1 aromatic rings. The number of hydrogen-bond donors (Lipinski definition) is 2. The molecule has 1 unspecified atom stereocenters. The SMILES string of the molecule is COc1ccc(C2N=C(N)NC(N(C)C)=N2)cc1.Cl. The Balaban J connectivity index is 0.00000180. The van der Waals surface area contributed by atoms with Gasteiger partial charge in [-0.15, -0.1) is 12.4 Å². The fourth-order valence-corrected chi connectivity index (χ4v) is 1.61. The molecule has 6 nitrogen and oxygen atoms in total. The maximum atomic E-state index is 5.75. The topological polar surface area (TPSA) is 75.2 Å². The van der Waals surface area contributed by atoms with Crippen molar-refractivity contribution in [2.45, 2.75) is 6.17 Å². The monoisotopic (exact) mass is 283 g/mol. The summed E-state index contributed by atoms with van der Waals surface area (Å²) >= 11 is 0. The van der Waals surface area contributed by atoms with E-state index in [2.05, 4.69) is 15.3 Å². The first-order valence-electron chi connectivity index (χ1n) is 5.59. The van der Waals surface area contributed by atoms with Crippen molar-refractivity contribution in [2.24, 2.45) is 15.7 Å². The maximum absolute atomic E-state index is 5.75. The van der Waals surface area contributed by atoms with Crippen LogP contribution in [0.2, 0.25) is 0 Å². The molecule has 0 saturated carbocycles. The molecule has 0 spiro atoms. The predicted molar refractivity (Wildman–Crippen MR) is 78.9 cm³/mol. The van der Waals surface area contributed by atoms with Gasteiger partial charge in [0.2, 0.25) is 5.96 Å². The molecule has 0 saturated heterocycles. The molecule has 0 aromatic heterocycles. The van der Waals surface area contributed by atoms with E-state index >= 15 is 0 Å². The molecule has 104 valence electrons. The van der Waals surface area contributed by atoms with E-state index in [0.29, 0.717) is 11.9 Å². The van der Waals surface area contributed by atoms with Gasteiger partial charge in [-0.1, -0.05) is 12.1 Å². The van der Waals surface area contributed by atoms with Crippen molar-refractivity contribution in [3.63, 3.8) is 0 Å². The van der Waals surface area contributed by atoms with Crippen molar-refractivity contribution in [3.05, 3.63) is 29.8 Å². The minimum Gasteiger partial charge on any atom is -0.497 e. The molecule has 0 fully saturated rings. The van der Waals surface area contributed by atoms with Crippen LogP contribution in [0.25, 0.3) is 0 Å². The third-order valence-electron chi connectivity index (χ3n) is 2.58. The summed E-state index contributed by atoms with van der Waals surface area (Å²) in [6.07, 6.45) is -0.311. The number of nitrogens with zero attached hydrogens (tertiary/aromatic N) is 3. The summed E-state index contributed by atoms with van der Waals surface area (Å²) in [5, 5.41) is 2.92. The fraction of sp³-hybridized carbons (Fsp3) is 0.333. The van der Waals surface area contributed by atoms with Crippen LogP contribution in [0.5, 0.6) is 5.75 Å². The van der Waals surface area contributed by atoms with Gasteiger partial charge < -0.3 is 15.4 Å². The average Bonchev–Trinajstić information content (AvgIpc) is 2.38. The lowest BCUT2D eigenvalue weighted by atomic mass is 10.1. The van der Waals surface area contributed by atoms with Gasteiger partial charge >= 0.3 is 0 Å². The molecule has 7 heteroatoms. The number of methoxy groups -OCH3 is 1. The highest BCUT2D eigenvalue weighted by Crippen LogP contribution is 2.23. The standard InChI is InChI=1S/C12H17N5O.ClH/c1-17(2)12-15-10(14-11(13)16-12)8-4-6-9(18-3)7-5-8;/h4-7,10H,1-3H3,(H3,13,14,15,16);1H. The number of guanidine groups is 2. The van der Waals surface area contributed by atoms with Gasteiger partial charge in [0.15, 0.2) is 12.1 Å². The normalized spacial score (nSPS) is 17.5. The summed E-state index contributed by atoms with van der Waals surface area (Å²) in [5.41, 5.74) is 6.73. The van der Waals surface area contributed by atoms with E-state index in [-0.39, 0.29) is 18.6 Å². The number of aliphatic imine (C=N–C) groups is 2. The van der Waals surface area contributed by atoms with Crippen molar-refractivity contribution in [2.75, 3.05) is 21.2 Å². The fourth-order valence-electron chi connectivity index (χ4n) is 1.61. The molecule has 0 bridgehead atoms. The molecular formula is C12H18ClN5O. The molecule has 1 aromatic carbocycles. The quantitative estimate of drug-likeness (QED) is 0.847. The Morgan fingerprint density at radius 3 is 2.37 bits per heavy atom. The molecule has 0 radical (unpaired) electrons. The lowest BCUT2D eigenvalue weighted by Crippen LogP contribution is -2.46. The first-order chi connectivity index (χ1) is 8.60. The van der Waals surface area contributed by atoms with Crippen LogP contribution in [0.1, 0.15) is 11.7 Å². The number of ether oxygens (including phenoxy) is 1. The summed E-state index contributed by atoms with van der Waals surface area (Å²) < 4.78 is 5.12. The van der Waals surface area contributed by atoms with E-state index in [1.54, 1.807) is 7.11 Å². The van der Waals surface area contributed by atoms with E-state index in [1.165, 1.54) is 0 Å². The summed E-state index contributed by atoms with van der Waals surface area (Å²) in [5.74, 6) is 1.87. The number of halogens is 1. The summed E-state index contributed by atoms with van der Waals surface area (Å²) in [4.78, 5) is 10.6. The van der Waals surface area contributed by atoms with Gasteiger partial charge in [-0.05, 0) is 17.7 Å². The largest absolute Gasteiger partial charge is 0.497 e. The molecule has 19 heavy (non-hydrogen) atoms. The van der Waals surface area contributed by atoms with Crippen LogP contribution in [-0.2, 0) is 0 Å². The van der Waals surface area contributed by atoms with E-state index in [9.17, 15) is 0 Å². The minimum absolute atomic E-state index is 0. The van der Waals surface area contributed by atoms with E-state index < -0.39 is 0 Å². The highest BCUT2D eigenvalue weighted by Gasteiger charge is 2.17. The van der Waals surface area contributed by atoms with Crippen molar-refractivity contribution in [3.8, 4) is 5.75 Å². The Morgan fingerprint density at radius 1 is 1.21 bits per heavy atom. The van der Waals surface area contributed by atoms with Gasteiger partial charge in [-0.25, -0.2) is 9.98 Å². The number of nitrogens with two attached hydrogens (primary N) is 1. The molecule has 0 amide bonds. The zero-order valence-corrected chi connectivity index (χ0v) is 11.9. The van der Waals surface area contributed by atoms with Crippen LogP contribution in [0.15, 0.2) is 34.3 Å². The van der Waals surface area contributed by atoms with Gasteiger partial charge in [0.1, 0.15) is 5.75 Å². The highest BCUT2D eigenvalue weighted by molar-refractivity contribution is 5.99. The van der Waals surface area contributed by atoms with Gasteiger partial charge in [-0.3, -0.25) is 5.32 Å². The second-order valence-corrected chi connectivity index (χ2v) is 4.13. The second kappa shape index (κ2) is 6.29. The van der Waals surface area contributed by atoms with Crippen molar-refractivity contribution in [1.82, 2.24) is 10.2 Å². The van der Waals surface area contributed by atoms with Crippen LogP contribution in [0, 0.1) is 0 Å². The molecular weight excluding hydrogens is 266 g/mol. The van der Waals surface area contributed by atoms with E-state index in [4.69, 9.17) is 10.5 Å². The lowest BCUT2D eigenvalue weighted by molar-refractivity contribution is 0.414. The Bertz CT molecular complexity index is 483. The van der Waals surface area contributed by atoms with E-state index in [1.807, 2.05) is 43.3 Å². The Hall–Kier alpha value is -1.95. The smallest absolute Gasteiger partial charge is 0.202 e. The molecule has 1 atom stereocenters. The predicted octanol–water partition coefficient (Wildman–Crippen LogP) is 0.951. The maximum Gasteiger partial charge on any atom is 0.202 e. The van der Waals surface area contributed by atoms with E-state index in [0.717, 1.165) is 11.3 Å². The molecule has 3 N–H and O–H groups in total. The molecule has 1 aliphatic heterocycles. The number of nitrogens with one attached hydrogen (secondary N) is 1. The Morgan fingerprint density at radius 2 is 1.84 bits per heavy atom. The van der Waals surface area contributed by atoms with Gasteiger partial charge in [-0.2, -0.15) is 0 Å². The number of benzene rings is 1. The minimum atomic E-state index is -0.311. The van der Waals surface area contributed by atoms with Crippen LogP contribution in [0.4, 0.5) is 0 Å². The third-order valence-corrected chi connectivity index (χ3v) is 2.58. The van der Waals surface area contributed by atoms with Crippen molar-refractivity contribution >= 4 is 24.3 Å². The molecule has 1 aliphatic rings. The average molecular weight is 284 g/mol. The lowest BCUT2D eigenvalue weighted by Gasteiger charge is -2.23. The summed E-state index contributed by atoms with van der Waals surface area (Å²) in [6, 6.07) is 7.63. The Labute approximate surface area is 118 Å². The van der Waals surface area contributed by atoms with Gasteiger partial charge in [0.05, 0.1) is 7.11 Å².